The van der Waals surface area contributed by atoms with Crippen LogP contribution in [-0.4, -0.2) is 10.2 Å². The molecule has 0 fully saturated rings. The Hall–Kier alpha value is -1.56. The van der Waals surface area contributed by atoms with E-state index in [1.807, 2.05) is 18.9 Å². The van der Waals surface area contributed by atoms with Gasteiger partial charge in [0.2, 0.25) is 0 Å². The lowest BCUT2D eigenvalue weighted by Crippen LogP contribution is -2.06. The van der Waals surface area contributed by atoms with Crippen molar-refractivity contribution in [3.63, 3.8) is 0 Å². The van der Waals surface area contributed by atoms with Crippen LogP contribution in [0.1, 0.15) is 25.1 Å². The third-order valence-electron chi connectivity index (χ3n) is 2.14. The first-order valence-electron chi connectivity index (χ1n) is 5.26. The first-order chi connectivity index (χ1) is 8.02. The van der Waals surface area contributed by atoms with E-state index in [0.717, 1.165) is 0 Å². The Morgan fingerprint density at radius 1 is 1.29 bits per heavy atom. The van der Waals surface area contributed by atoms with Gasteiger partial charge in [0.1, 0.15) is 5.69 Å². The highest BCUT2D eigenvalue weighted by Crippen LogP contribution is 2.33. The maximum Gasteiger partial charge on any atom is 0.433 e. The van der Waals surface area contributed by atoms with Gasteiger partial charge >= 0.3 is 6.18 Å². The maximum atomic E-state index is 12.5. The molecule has 1 heterocycles. The second-order valence-electron chi connectivity index (χ2n) is 3.15. The molecule has 6 heteroatoms. The van der Waals surface area contributed by atoms with Crippen LogP contribution in [0.3, 0.4) is 0 Å². The summed E-state index contributed by atoms with van der Waals surface area (Å²) in [6.07, 6.45) is -4.41. The van der Waals surface area contributed by atoms with Crippen LogP contribution in [0, 0.1) is 0 Å². The number of nitrogens with zero attached hydrogens (tertiary/aromatic N) is 1. The van der Waals surface area contributed by atoms with Crippen LogP contribution >= 0.6 is 0 Å². The number of nitrogens with one attached hydrogen (secondary N) is 1. The van der Waals surface area contributed by atoms with Gasteiger partial charge in [-0.25, -0.2) is 0 Å². The molecule has 94 valence electrons. The van der Waals surface area contributed by atoms with Crippen molar-refractivity contribution in [3.05, 3.63) is 29.5 Å². The number of nitrogens with two attached hydrogens (primary N) is 1. The molecule has 0 unspecified atom stereocenters. The highest BCUT2D eigenvalue weighted by Gasteiger charge is 2.34. The molecule has 1 aromatic heterocycles. The van der Waals surface area contributed by atoms with E-state index in [1.54, 1.807) is 6.07 Å². The minimum Gasteiger partial charge on any atom is -0.326 e. The van der Waals surface area contributed by atoms with Crippen molar-refractivity contribution in [2.24, 2.45) is 5.73 Å². The van der Waals surface area contributed by atoms with Gasteiger partial charge in [0.15, 0.2) is 0 Å². The number of alkyl halides is 3. The number of halogens is 3. The molecule has 2 aromatic rings. The standard InChI is InChI=1S/C9H8F3N3.C2H6/c10-9(11,12)8-6-3-5(4-13)1-2-7(6)14-15-8;1-2/h1-3H,4,13H2,(H,14,15);1-2H3. The molecule has 0 amide bonds. The number of fused-ring (bicyclic) bond motifs is 1. The number of H-pyrrole nitrogens is 1. The van der Waals surface area contributed by atoms with Gasteiger partial charge in [0, 0.05) is 11.9 Å². The van der Waals surface area contributed by atoms with Gasteiger partial charge in [-0.2, -0.15) is 18.3 Å². The molecular formula is C11H14F3N3. The van der Waals surface area contributed by atoms with E-state index >= 15 is 0 Å². The fourth-order valence-corrected chi connectivity index (χ4v) is 1.40. The van der Waals surface area contributed by atoms with Gasteiger partial charge in [-0.3, -0.25) is 5.10 Å². The molecule has 0 atom stereocenters. The number of hydrogen-bond donors (Lipinski definition) is 2. The lowest BCUT2D eigenvalue weighted by molar-refractivity contribution is -0.139. The lowest BCUT2D eigenvalue weighted by atomic mass is 10.1. The molecule has 3 nitrogen and oxygen atoms in total. The van der Waals surface area contributed by atoms with E-state index in [-0.39, 0.29) is 11.9 Å². The first-order valence-corrected chi connectivity index (χ1v) is 5.26. The third kappa shape index (κ3) is 2.76. The summed E-state index contributed by atoms with van der Waals surface area (Å²) in [4.78, 5) is 0. The monoisotopic (exact) mass is 245 g/mol. The van der Waals surface area contributed by atoms with Crippen LogP contribution in [0.25, 0.3) is 10.9 Å². The summed E-state index contributed by atoms with van der Waals surface area (Å²) in [5.41, 5.74) is 5.47. The molecule has 0 aliphatic carbocycles. The Morgan fingerprint density at radius 2 is 1.94 bits per heavy atom. The predicted octanol–water partition coefficient (Wildman–Crippen LogP) is 3.07. The minimum atomic E-state index is -4.41. The van der Waals surface area contributed by atoms with Crippen molar-refractivity contribution in [2.45, 2.75) is 26.6 Å². The summed E-state index contributed by atoms with van der Waals surface area (Å²) in [5.74, 6) is 0. The van der Waals surface area contributed by atoms with Crippen molar-refractivity contribution in [2.75, 3.05) is 0 Å². The smallest absolute Gasteiger partial charge is 0.326 e. The Morgan fingerprint density at radius 3 is 2.47 bits per heavy atom. The van der Waals surface area contributed by atoms with Gasteiger partial charge in [0.25, 0.3) is 0 Å². The van der Waals surface area contributed by atoms with Crippen LogP contribution in [0.15, 0.2) is 18.2 Å². The quantitative estimate of drug-likeness (QED) is 0.811. The van der Waals surface area contributed by atoms with Crippen LogP contribution in [-0.2, 0) is 12.7 Å². The number of aromatic amines is 1. The van der Waals surface area contributed by atoms with Gasteiger partial charge in [-0.05, 0) is 17.7 Å². The Labute approximate surface area is 96.8 Å². The zero-order chi connectivity index (χ0) is 13.1. The molecule has 0 saturated heterocycles. The summed E-state index contributed by atoms with van der Waals surface area (Å²) in [7, 11) is 0. The molecule has 0 aliphatic rings. The molecular weight excluding hydrogens is 231 g/mol. The fraction of sp³-hybridized carbons (Fsp3) is 0.364. The van der Waals surface area contributed by atoms with Crippen molar-refractivity contribution in [3.8, 4) is 0 Å². The number of benzene rings is 1. The van der Waals surface area contributed by atoms with Crippen LogP contribution in [0.2, 0.25) is 0 Å². The number of aromatic nitrogens is 2. The lowest BCUT2D eigenvalue weighted by Gasteiger charge is -2.03. The molecule has 17 heavy (non-hydrogen) atoms. The Bertz CT molecular complexity index is 488. The van der Waals surface area contributed by atoms with Crippen LogP contribution in [0.4, 0.5) is 13.2 Å². The predicted molar refractivity (Wildman–Crippen MR) is 60.3 cm³/mol. The van der Waals surface area contributed by atoms with E-state index in [9.17, 15) is 13.2 Å². The highest BCUT2D eigenvalue weighted by molar-refractivity contribution is 5.82. The second-order valence-corrected chi connectivity index (χ2v) is 3.15. The summed E-state index contributed by atoms with van der Waals surface area (Å²) in [5, 5.41) is 5.62. The van der Waals surface area contributed by atoms with Gasteiger partial charge < -0.3 is 5.73 Å². The molecule has 2 rings (SSSR count). The topological polar surface area (TPSA) is 54.7 Å². The summed E-state index contributed by atoms with van der Waals surface area (Å²) in [6.45, 7) is 4.21. The molecule has 0 radical (unpaired) electrons. The third-order valence-corrected chi connectivity index (χ3v) is 2.14. The van der Waals surface area contributed by atoms with E-state index in [0.29, 0.717) is 11.1 Å². The fourth-order valence-electron chi connectivity index (χ4n) is 1.40. The second kappa shape index (κ2) is 5.18. The zero-order valence-corrected chi connectivity index (χ0v) is 9.60. The first kappa shape index (κ1) is 13.5. The molecule has 0 spiro atoms. The van der Waals surface area contributed by atoms with E-state index in [2.05, 4.69) is 5.10 Å². The maximum absolute atomic E-state index is 12.5. The summed E-state index contributed by atoms with van der Waals surface area (Å²) < 4.78 is 37.5. The Balaban J connectivity index is 0.000000686. The average Bonchev–Trinajstić information content (AvgIpc) is 2.73. The number of rotatable bonds is 1. The Kier molecular flexibility index (Phi) is 4.11. The van der Waals surface area contributed by atoms with E-state index < -0.39 is 11.9 Å². The minimum absolute atomic E-state index is 0.0606. The van der Waals surface area contributed by atoms with Gasteiger partial charge in [0.05, 0.1) is 5.52 Å². The summed E-state index contributed by atoms with van der Waals surface area (Å²) >= 11 is 0. The van der Waals surface area contributed by atoms with Crippen LogP contribution in [0.5, 0.6) is 0 Å². The average molecular weight is 245 g/mol. The van der Waals surface area contributed by atoms with Gasteiger partial charge in [-0.15, -0.1) is 0 Å². The van der Waals surface area contributed by atoms with Crippen molar-refractivity contribution in [1.29, 1.82) is 0 Å². The molecule has 0 saturated carbocycles. The normalized spacial score (nSPS) is 11.2. The molecule has 0 bridgehead atoms. The van der Waals surface area contributed by atoms with E-state index in [4.69, 9.17) is 5.73 Å². The molecule has 3 N–H and O–H groups in total. The van der Waals surface area contributed by atoms with Gasteiger partial charge in [-0.1, -0.05) is 19.9 Å². The van der Waals surface area contributed by atoms with E-state index in [1.165, 1.54) is 12.1 Å². The SMILES string of the molecule is CC.NCc1ccc2n[nH]c(C(F)(F)F)c2c1. The van der Waals surface area contributed by atoms with Crippen LogP contribution < -0.4 is 5.73 Å². The largest absolute Gasteiger partial charge is 0.433 e. The van der Waals surface area contributed by atoms with Crippen molar-refractivity contribution >= 4 is 10.9 Å². The molecule has 1 aromatic carbocycles. The molecule has 0 aliphatic heterocycles. The zero-order valence-electron chi connectivity index (χ0n) is 9.60. The van der Waals surface area contributed by atoms with Crippen molar-refractivity contribution < 1.29 is 13.2 Å². The summed E-state index contributed by atoms with van der Waals surface area (Å²) in [6, 6.07) is 4.58. The number of hydrogen-bond acceptors (Lipinski definition) is 2. The van der Waals surface area contributed by atoms with Crippen molar-refractivity contribution in [1.82, 2.24) is 10.2 Å². The highest BCUT2D eigenvalue weighted by atomic mass is 19.4.